The van der Waals surface area contributed by atoms with Crippen LogP contribution in [-0.4, -0.2) is 53.5 Å². The van der Waals surface area contributed by atoms with Gasteiger partial charge in [-0.15, -0.1) is 0 Å². The third-order valence-corrected chi connectivity index (χ3v) is 4.33. The van der Waals surface area contributed by atoms with Crippen molar-refractivity contribution in [2.24, 2.45) is 5.73 Å². The van der Waals surface area contributed by atoms with E-state index >= 15 is 0 Å². The Hall–Kier alpha value is -2.08. The van der Waals surface area contributed by atoms with E-state index in [2.05, 4.69) is 0 Å². The van der Waals surface area contributed by atoms with Gasteiger partial charge in [0.2, 0.25) is 5.91 Å². The summed E-state index contributed by atoms with van der Waals surface area (Å²) in [6.07, 6.45) is 1.49. The minimum absolute atomic E-state index is 0.0210. The number of ether oxygens (including phenoxy) is 1. The summed E-state index contributed by atoms with van der Waals surface area (Å²) in [5, 5.41) is 0. The Bertz CT molecular complexity index is 548. The molecule has 24 heavy (non-hydrogen) atoms. The van der Waals surface area contributed by atoms with Gasteiger partial charge in [0.05, 0.1) is 6.04 Å². The predicted octanol–water partition coefficient (Wildman–Crippen LogP) is 1.98. The lowest BCUT2D eigenvalue weighted by Gasteiger charge is -2.30. The number of rotatable bonds is 6. The highest BCUT2D eigenvalue weighted by Crippen LogP contribution is 2.19. The van der Waals surface area contributed by atoms with Crippen molar-refractivity contribution in [2.45, 2.75) is 45.4 Å². The van der Waals surface area contributed by atoms with Crippen LogP contribution in [0.5, 0.6) is 0 Å². The summed E-state index contributed by atoms with van der Waals surface area (Å²) in [6.45, 7) is 5.61. The van der Waals surface area contributed by atoms with E-state index in [1.165, 1.54) is 0 Å². The lowest BCUT2D eigenvalue weighted by molar-refractivity contribution is -0.133. The molecule has 2 amide bonds. The number of likely N-dealkylation sites (tertiary alicyclic amines) is 1. The van der Waals surface area contributed by atoms with Gasteiger partial charge in [0.1, 0.15) is 6.61 Å². The monoisotopic (exact) mass is 333 g/mol. The molecule has 0 aromatic heterocycles. The normalized spacial score (nSPS) is 18.3. The summed E-state index contributed by atoms with van der Waals surface area (Å²) in [5.74, 6) is -0.0498. The number of amides is 2. The summed E-state index contributed by atoms with van der Waals surface area (Å²) in [4.78, 5) is 27.9. The number of nitrogens with zero attached hydrogens (tertiary/aromatic N) is 2. The second kappa shape index (κ2) is 8.68. The van der Waals surface area contributed by atoms with Crippen molar-refractivity contribution in [3.63, 3.8) is 0 Å². The van der Waals surface area contributed by atoms with Gasteiger partial charge in [-0.25, -0.2) is 4.79 Å². The fraction of sp³-hybridized carbons (Fsp3) is 0.556. The Kier molecular flexibility index (Phi) is 6.61. The molecule has 0 spiro atoms. The Morgan fingerprint density at radius 2 is 2.08 bits per heavy atom. The van der Waals surface area contributed by atoms with Gasteiger partial charge in [0.15, 0.2) is 0 Å². The van der Waals surface area contributed by atoms with E-state index in [0.29, 0.717) is 19.6 Å². The summed E-state index contributed by atoms with van der Waals surface area (Å²) in [6, 6.07) is 9.10. The SMILES string of the molecule is CCN(CC1CCCN1C(=O)[C@H](C)N)C(=O)OCc1ccccc1. The predicted molar refractivity (Wildman–Crippen MR) is 92.3 cm³/mol. The largest absolute Gasteiger partial charge is 0.445 e. The van der Waals surface area contributed by atoms with E-state index < -0.39 is 6.04 Å². The lowest BCUT2D eigenvalue weighted by atomic mass is 10.2. The van der Waals surface area contributed by atoms with E-state index in [9.17, 15) is 9.59 Å². The third-order valence-electron chi connectivity index (χ3n) is 4.33. The topological polar surface area (TPSA) is 75.9 Å². The molecule has 1 saturated heterocycles. The number of nitrogens with two attached hydrogens (primary N) is 1. The average Bonchev–Trinajstić information content (AvgIpc) is 3.05. The fourth-order valence-electron chi connectivity index (χ4n) is 2.97. The van der Waals surface area contributed by atoms with Gasteiger partial charge in [-0.05, 0) is 32.3 Å². The molecule has 0 bridgehead atoms. The molecular formula is C18H27N3O3. The zero-order valence-electron chi connectivity index (χ0n) is 14.5. The number of hydrogen-bond donors (Lipinski definition) is 1. The molecule has 2 N–H and O–H groups in total. The number of carbonyl (C=O) groups is 2. The molecule has 1 aromatic carbocycles. The van der Waals surface area contributed by atoms with Crippen LogP contribution in [0, 0.1) is 0 Å². The van der Waals surface area contributed by atoms with Gasteiger partial charge in [-0.1, -0.05) is 30.3 Å². The minimum Gasteiger partial charge on any atom is -0.445 e. The Morgan fingerprint density at radius 1 is 1.38 bits per heavy atom. The standard InChI is InChI=1S/C18H27N3O3/c1-3-20(18(23)24-13-15-8-5-4-6-9-15)12-16-10-7-11-21(16)17(22)14(2)19/h4-6,8-9,14,16H,3,7,10-13,19H2,1-2H3/t14-,16?/m0/s1. The first-order valence-electron chi connectivity index (χ1n) is 8.54. The maximum Gasteiger partial charge on any atom is 0.410 e. The Labute approximate surface area is 143 Å². The number of carbonyl (C=O) groups excluding carboxylic acids is 2. The Balaban J connectivity index is 1.90. The molecule has 1 unspecified atom stereocenters. The number of likely N-dealkylation sites (N-methyl/N-ethyl adjacent to an activating group) is 1. The lowest BCUT2D eigenvalue weighted by Crippen LogP contribution is -2.49. The molecule has 1 fully saturated rings. The summed E-state index contributed by atoms with van der Waals surface area (Å²) in [5.41, 5.74) is 6.67. The number of benzene rings is 1. The first-order valence-corrected chi connectivity index (χ1v) is 8.54. The van der Waals surface area contributed by atoms with Crippen LogP contribution in [0.3, 0.4) is 0 Å². The molecule has 2 rings (SSSR count). The highest BCUT2D eigenvalue weighted by molar-refractivity contribution is 5.81. The second-order valence-corrected chi connectivity index (χ2v) is 6.20. The third kappa shape index (κ3) is 4.71. The zero-order valence-corrected chi connectivity index (χ0v) is 14.5. The number of hydrogen-bond acceptors (Lipinski definition) is 4. The van der Waals surface area contributed by atoms with Gasteiger partial charge < -0.3 is 20.3 Å². The first kappa shape index (κ1) is 18.3. The highest BCUT2D eigenvalue weighted by Gasteiger charge is 2.32. The van der Waals surface area contributed by atoms with E-state index in [4.69, 9.17) is 10.5 Å². The van der Waals surface area contributed by atoms with Crippen molar-refractivity contribution in [3.05, 3.63) is 35.9 Å². The molecule has 0 radical (unpaired) electrons. The zero-order chi connectivity index (χ0) is 17.5. The molecule has 132 valence electrons. The van der Waals surface area contributed by atoms with Crippen molar-refractivity contribution in [3.8, 4) is 0 Å². The van der Waals surface area contributed by atoms with Crippen LogP contribution in [0.2, 0.25) is 0 Å². The van der Waals surface area contributed by atoms with Crippen LogP contribution in [0.25, 0.3) is 0 Å². The maximum atomic E-state index is 12.3. The molecule has 1 aliphatic heterocycles. The van der Waals surface area contributed by atoms with Crippen molar-refractivity contribution in [1.29, 1.82) is 0 Å². The van der Waals surface area contributed by atoms with Crippen molar-refractivity contribution < 1.29 is 14.3 Å². The average molecular weight is 333 g/mol. The maximum absolute atomic E-state index is 12.3. The summed E-state index contributed by atoms with van der Waals surface area (Å²) >= 11 is 0. The smallest absolute Gasteiger partial charge is 0.410 e. The van der Waals surface area contributed by atoms with Crippen molar-refractivity contribution in [2.75, 3.05) is 19.6 Å². The molecular weight excluding hydrogens is 306 g/mol. The first-order chi connectivity index (χ1) is 11.5. The molecule has 1 aliphatic rings. The molecule has 6 nitrogen and oxygen atoms in total. The van der Waals surface area contributed by atoms with Crippen molar-refractivity contribution in [1.82, 2.24) is 9.80 Å². The van der Waals surface area contributed by atoms with Crippen LogP contribution >= 0.6 is 0 Å². The van der Waals surface area contributed by atoms with E-state index in [1.54, 1.807) is 16.7 Å². The molecule has 0 aliphatic carbocycles. The minimum atomic E-state index is -0.509. The summed E-state index contributed by atoms with van der Waals surface area (Å²) < 4.78 is 5.39. The Morgan fingerprint density at radius 3 is 2.71 bits per heavy atom. The highest BCUT2D eigenvalue weighted by atomic mass is 16.6. The fourth-order valence-corrected chi connectivity index (χ4v) is 2.97. The summed E-state index contributed by atoms with van der Waals surface area (Å²) in [7, 11) is 0. The second-order valence-electron chi connectivity index (χ2n) is 6.20. The van der Waals surface area contributed by atoms with Crippen LogP contribution in [0.4, 0.5) is 4.79 Å². The van der Waals surface area contributed by atoms with Gasteiger partial charge in [-0.2, -0.15) is 0 Å². The van der Waals surface area contributed by atoms with Gasteiger partial charge in [-0.3, -0.25) is 4.79 Å². The molecule has 1 heterocycles. The van der Waals surface area contributed by atoms with Crippen LogP contribution in [0.15, 0.2) is 30.3 Å². The van der Waals surface area contributed by atoms with Crippen molar-refractivity contribution >= 4 is 12.0 Å². The van der Waals surface area contributed by atoms with Gasteiger partial charge in [0.25, 0.3) is 0 Å². The van der Waals surface area contributed by atoms with Gasteiger partial charge >= 0.3 is 6.09 Å². The molecule has 1 aromatic rings. The van der Waals surface area contributed by atoms with Gasteiger partial charge in [0, 0.05) is 25.7 Å². The van der Waals surface area contributed by atoms with E-state index in [0.717, 1.165) is 18.4 Å². The van der Waals surface area contributed by atoms with Crippen LogP contribution in [-0.2, 0) is 16.1 Å². The quantitative estimate of drug-likeness (QED) is 0.864. The van der Waals surface area contributed by atoms with E-state index in [-0.39, 0.29) is 24.6 Å². The van der Waals surface area contributed by atoms with Crippen LogP contribution < -0.4 is 5.73 Å². The van der Waals surface area contributed by atoms with Crippen LogP contribution in [0.1, 0.15) is 32.3 Å². The molecule has 6 heteroatoms. The van der Waals surface area contributed by atoms with E-state index in [1.807, 2.05) is 37.3 Å². The molecule has 0 saturated carbocycles. The molecule has 2 atom stereocenters.